The first-order valence-corrected chi connectivity index (χ1v) is 8.51. The number of rotatable bonds is 5. The van der Waals surface area contributed by atoms with Gasteiger partial charge in [-0.25, -0.2) is 4.39 Å². The van der Waals surface area contributed by atoms with Crippen molar-refractivity contribution in [3.63, 3.8) is 0 Å². The summed E-state index contributed by atoms with van der Waals surface area (Å²) in [6.45, 7) is 2.53. The van der Waals surface area contributed by atoms with E-state index in [1.807, 2.05) is 6.07 Å². The quantitative estimate of drug-likeness (QED) is 0.907. The number of nitrogens with one attached hydrogen (secondary N) is 1. The molecule has 1 aliphatic carbocycles. The third-order valence-corrected chi connectivity index (χ3v) is 4.95. The molecule has 1 N–H and O–H groups in total. The second-order valence-electron chi connectivity index (χ2n) is 6.68. The Labute approximate surface area is 137 Å². The number of nitrogens with zero attached hydrogens (tertiary/aromatic N) is 1. The Morgan fingerprint density at radius 3 is 2.83 bits per heavy atom. The highest BCUT2D eigenvalue weighted by Gasteiger charge is 2.28. The van der Waals surface area contributed by atoms with E-state index in [9.17, 15) is 9.18 Å². The maximum atomic E-state index is 13.8. The first-order chi connectivity index (χ1) is 11.2. The van der Waals surface area contributed by atoms with Gasteiger partial charge in [0, 0.05) is 25.0 Å². The Hall–Kier alpha value is -1.62. The monoisotopic (exact) mass is 320 g/mol. The number of ether oxygens (including phenoxy) is 1. The predicted molar refractivity (Wildman–Crippen MR) is 86.7 cm³/mol. The SMILES string of the molecule is COc1ccc(CN2CCCC(NC(=O)C3CCC3)C2)cc1F. The van der Waals surface area contributed by atoms with Crippen LogP contribution >= 0.6 is 0 Å². The van der Waals surface area contributed by atoms with Crippen molar-refractivity contribution in [1.29, 1.82) is 0 Å². The largest absolute Gasteiger partial charge is 0.494 e. The smallest absolute Gasteiger partial charge is 0.223 e. The molecule has 1 saturated carbocycles. The van der Waals surface area contributed by atoms with Gasteiger partial charge in [0.05, 0.1) is 7.11 Å². The molecule has 1 aromatic carbocycles. The summed E-state index contributed by atoms with van der Waals surface area (Å²) in [7, 11) is 1.47. The van der Waals surface area contributed by atoms with Crippen LogP contribution in [0, 0.1) is 11.7 Å². The molecule has 1 aromatic rings. The zero-order chi connectivity index (χ0) is 16.2. The van der Waals surface area contributed by atoms with Gasteiger partial charge in [0.15, 0.2) is 11.6 Å². The molecular formula is C18H25FN2O2. The lowest BCUT2D eigenvalue weighted by atomic mass is 9.84. The van der Waals surface area contributed by atoms with Crippen LogP contribution in [0.3, 0.4) is 0 Å². The first kappa shape index (κ1) is 16.2. The zero-order valence-corrected chi connectivity index (χ0v) is 13.7. The molecule has 3 rings (SSSR count). The van der Waals surface area contributed by atoms with Crippen LogP contribution in [0.4, 0.5) is 4.39 Å². The van der Waals surface area contributed by atoms with Crippen molar-refractivity contribution >= 4 is 5.91 Å². The van der Waals surface area contributed by atoms with Crippen LogP contribution in [0.2, 0.25) is 0 Å². The van der Waals surface area contributed by atoms with E-state index in [1.54, 1.807) is 6.07 Å². The van der Waals surface area contributed by atoms with Crippen LogP contribution in [0.1, 0.15) is 37.7 Å². The minimum atomic E-state index is -0.322. The molecular weight excluding hydrogens is 295 g/mol. The highest BCUT2D eigenvalue weighted by Crippen LogP contribution is 2.27. The number of piperidine rings is 1. The van der Waals surface area contributed by atoms with Crippen LogP contribution in [0.5, 0.6) is 5.75 Å². The fourth-order valence-electron chi connectivity index (χ4n) is 3.37. The normalized spacial score (nSPS) is 22.4. The number of carbonyl (C=O) groups excluding carboxylic acids is 1. The van der Waals surface area contributed by atoms with Gasteiger partial charge in [0.25, 0.3) is 0 Å². The second-order valence-corrected chi connectivity index (χ2v) is 6.68. The number of benzene rings is 1. The van der Waals surface area contributed by atoms with Gasteiger partial charge in [-0.3, -0.25) is 9.69 Å². The van der Waals surface area contributed by atoms with E-state index in [1.165, 1.54) is 19.6 Å². The molecule has 1 heterocycles. The van der Waals surface area contributed by atoms with Crippen molar-refractivity contribution in [2.24, 2.45) is 5.92 Å². The van der Waals surface area contributed by atoms with Crippen molar-refractivity contribution in [1.82, 2.24) is 10.2 Å². The Bertz CT molecular complexity index is 560. The van der Waals surface area contributed by atoms with Crippen molar-refractivity contribution in [3.05, 3.63) is 29.6 Å². The molecule has 2 fully saturated rings. The van der Waals surface area contributed by atoms with Crippen LogP contribution in [0.15, 0.2) is 18.2 Å². The molecule has 23 heavy (non-hydrogen) atoms. The fourth-order valence-corrected chi connectivity index (χ4v) is 3.37. The molecule has 1 aliphatic heterocycles. The van der Waals surface area contributed by atoms with E-state index < -0.39 is 0 Å². The fraction of sp³-hybridized carbons (Fsp3) is 0.611. The minimum absolute atomic E-state index is 0.221. The number of amides is 1. The van der Waals surface area contributed by atoms with E-state index in [0.717, 1.165) is 44.3 Å². The Morgan fingerprint density at radius 2 is 2.17 bits per heavy atom. The van der Waals surface area contributed by atoms with Gasteiger partial charge in [-0.15, -0.1) is 0 Å². The third-order valence-electron chi connectivity index (χ3n) is 4.95. The summed E-state index contributed by atoms with van der Waals surface area (Å²) >= 11 is 0. The van der Waals surface area contributed by atoms with Crippen LogP contribution in [-0.2, 0) is 11.3 Å². The lowest BCUT2D eigenvalue weighted by molar-refractivity contribution is -0.128. The summed E-state index contributed by atoms with van der Waals surface area (Å²) in [4.78, 5) is 14.4. The standard InChI is InChI=1S/C18H25FN2O2/c1-23-17-8-7-13(10-16(17)19)11-21-9-3-6-15(12-21)20-18(22)14-4-2-5-14/h7-8,10,14-15H,2-6,9,11-12H2,1H3,(H,20,22). The summed E-state index contributed by atoms with van der Waals surface area (Å²) in [5, 5.41) is 3.19. The molecule has 1 saturated heterocycles. The summed E-state index contributed by atoms with van der Waals surface area (Å²) in [5.74, 6) is 0.412. The van der Waals surface area contributed by atoms with Gasteiger partial charge in [-0.2, -0.15) is 0 Å². The van der Waals surface area contributed by atoms with Gasteiger partial charge >= 0.3 is 0 Å². The zero-order valence-electron chi connectivity index (χ0n) is 13.7. The summed E-state index contributed by atoms with van der Waals surface area (Å²) in [6.07, 6.45) is 5.35. The number of likely N-dealkylation sites (tertiary alicyclic amines) is 1. The molecule has 2 aliphatic rings. The molecule has 0 aromatic heterocycles. The number of methoxy groups -OCH3 is 1. The predicted octanol–water partition coefficient (Wildman–Crippen LogP) is 2.72. The van der Waals surface area contributed by atoms with Crippen molar-refractivity contribution in [2.45, 2.75) is 44.7 Å². The average Bonchev–Trinajstić information content (AvgIpc) is 2.46. The average molecular weight is 320 g/mol. The molecule has 1 amide bonds. The topological polar surface area (TPSA) is 41.6 Å². The Balaban J connectivity index is 1.53. The number of hydrogen-bond acceptors (Lipinski definition) is 3. The molecule has 5 heteroatoms. The maximum absolute atomic E-state index is 13.8. The van der Waals surface area contributed by atoms with Crippen LogP contribution in [-0.4, -0.2) is 37.0 Å². The van der Waals surface area contributed by atoms with E-state index >= 15 is 0 Å². The van der Waals surface area contributed by atoms with Gasteiger partial charge in [-0.1, -0.05) is 12.5 Å². The molecule has 0 bridgehead atoms. The maximum Gasteiger partial charge on any atom is 0.223 e. The first-order valence-electron chi connectivity index (χ1n) is 8.51. The molecule has 0 radical (unpaired) electrons. The lowest BCUT2D eigenvalue weighted by Gasteiger charge is -2.35. The molecule has 4 nitrogen and oxygen atoms in total. The highest BCUT2D eigenvalue weighted by molar-refractivity contribution is 5.79. The Morgan fingerprint density at radius 1 is 1.35 bits per heavy atom. The molecule has 1 unspecified atom stereocenters. The number of carbonyl (C=O) groups is 1. The van der Waals surface area contributed by atoms with Gasteiger partial charge in [0.2, 0.25) is 5.91 Å². The van der Waals surface area contributed by atoms with E-state index in [0.29, 0.717) is 6.54 Å². The Kier molecular flexibility index (Phi) is 5.16. The minimum Gasteiger partial charge on any atom is -0.494 e. The molecule has 0 spiro atoms. The van der Waals surface area contributed by atoms with Crippen molar-refractivity contribution in [2.75, 3.05) is 20.2 Å². The number of hydrogen-bond donors (Lipinski definition) is 1. The van der Waals surface area contributed by atoms with Crippen LogP contribution in [0.25, 0.3) is 0 Å². The summed E-state index contributed by atoms with van der Waals surface area (Å²) < 4.78 is 18.7. The van der Waals surface area contributed by atoms with Gasteiger partial charge in [-0.05, 0) is 49.9 Å². The molecule has 126 valence electrons. The lowest BCUT2D eigenvalue weighted by Crippen LogP contribution is -2.49. The van der Waals surface area contributed by atoms with E-state index in [2.05, 4.69) is 10.2 Å². The summed E-state index contributed by atoms with van der Waals surface area (Å²) in [6, 6.07) is 5.33. The third kappa shape index (κ3) is 4.02. The van der Waals surface area contributed by atoms with E-state index in [4.69, 9.17) is 4.74 Å². The van der Waals surface area contributed by atoms with Crippen molar-refractivity contribution in [3.8, 4) is 5.75 Å². The van der Waals surface area contributed by atoms with E-state index in [-0.39, 0.29) is 29.4 Å². The highest BCUT2D eigenvalue weighted by atomic mass is 19.1. The van der Waals surface area contributed by atoms with Gasteiger partial charge < -0.3 is 10.1 Å². The second kappa shape index (κ2) is 7.30. The molecule has 1 atom stereocenters. The van der Waals surface area contributed by atoms with Crippen molar-refractivity contribution < 1.29 is 13.9 Å². The van der Waals surface area contributed by atoms with Crippen LogP contribution < -0.4 is 10.1 Å². The number of halogens is 1. The van der Waals surface area contributed by atoms with Gasteiger partial charge in [0.1, 0.15) is 0 Å². The summed E-state index contributed by atoms with van der Waals surface area (Å²) in [5.41, 5.74) is 0.939.